The maximum Gasteiger partial charge on any atom is 0.330 e. The van der Waals surface area contributed by atoms with E-state index in [1.54, 1.807) is 13.1 Å². The number of nitrogens with zero attached hydrogens (tertiary/aromatic N) is 1. The van der Waals surface area contributed by atoms with Crippen molar-refractivity contribution in [1.82, 2.24) is 0 Å². The summed E-state index contributed by atoms with van der Waals surface area (Å²) in [6.45, 7) is 12.4. The predicted octanol–water partition coefficient (Wildman–Crippen LogP) is 6.31. The van der Waals surface area contributed by atoms with Gasteiger partial charge in [-0.1, -0.05) is 85.5 Å². The second kappa shape index (κ2) is 23.0. The van der Waals surface area contributed by atoms with E-state index in [0.29, 0.717) is 26.2 Å². The zero-order valence-corrected chi connectivity index (χ0v) is 23.3. The number of hydrogen-bond donors (Lipinski definition) is 0. The number of hydrogen-bond acceptors (Lipinski definition) is 7. The van der Waals surface area contributed by atoms with E-state index >= 15 is 0 Å². The summed E-state index contributed by atoms with van der Waals surface area (Å²) >= 11 is 0. The summed E-state index contributed by atoms with van der Waals surface area (Å²) < 4.78 is 21.4. The molecule has 0 aromatic rings. The van der Waals surface area contributed by atoms with Gasteiger partial charge >= 0.3 is 11.9 Å². The van der Waals surface area contributed by atoms with Crippen molar-refractivity contribution in [3.05, 3.63) is 0 Å². The lowest BCUT2D eigenvalue weighted by Crippen LogP contribution is -2.26. The Balaban J connectivity index is 3.87. The summed E-state index contributed by atoms with van der Waals surface area (Å²) in [6.07, 6.45) is 15.3. The van der Waals surface area contributed by atoms with Crippen LogP contribution in [0.4, 0.5) is 0 Å². The van der Waals surface area contributed by atoms with Crippen LogP contribution in [0.15, 0.2) is 4.99 Å². The van der Waals surface area contributed by atoms with E-state index in [4.69, 9.17) is 18.9 Å². The van der Waals surface area contributed by atoms with Crippen molar-refractivity contribution in [3.63, 3.8) is 0 Å². The van der Waals surface area contributed by atoms with Crippen LogP contribution in [-0.2, 0) is 28.5 Å². The lowest BCUT2D eigenvalue weighted by molar-refractivity contribution is -0.147. The van der Waals surface area contributed by atoms with Crippen LogP contribution in [0.5, 0.6) is 0 Å². The minimum atomic E-state index is -0.621. The van der Waals surface area contributed by atoms with Gasteiger partial charge in [-0.3, -0.25) is 9.79 Å². The molecule has 0 saturated carbocycles. The molecule has 0 saturated heterocycles. The van der Waals surface area contributed by atoms with Gasteiger partial charge in [-0.25, -0.2) is 4.79 Å². The van der Waals surface area contributed by atoms with E-state index < -0.39 is 17.4 Å². The minimum Gasteiger partial charge on any atom is -0.465 e. The fourth-order valence-corrected chi connectivity index (χ4v) is 3.22. The average Bonchev–Trinajstić information content (AvgIpc) is 2.84. The smallest absolute Gasteiger partial charge is 0.330 e. The summed E-state index contributed by atoms with van der Waals surface area (Å²) in [6, 6.07) is -0.621. The van der Waals surface area contributed by atoms with Gasteiger partial charge in [0.05, 0.1) is 19.8 Å². The SMILES string of the molecule is CCCCCCCCCCCC(=O)OCC(C)(C)/C=N/C(C)C(=O)OCCOCCOCCCC. The van der Waals surface area contributed by atoms with Crippen LogP contribution in [0.3, 0.4) is 0 Å². The van der Waals surface area contributed by atoms with Crippen molar-refractivity contribution in [1.29, 1.82) is 0 Å². The van der Waals surface area contributed by atoms with E-state index in [-0.39, 0.29) is 19.2 Å². The molecule has 1 atom stereocenters. The van der Waals surface area contributed by atoms with Crippen LogP contribution in [0, 0.1) is 5.41 Å². The first kappa shape index (κ1) is 33.5. The van der Waals surface area contributed by atoms with Gasteiger partial charge in [-0.2, -0.15) is 0 Å². The lowest BCUT2D eigenvalue weighted by Gasteiger charge is -2.19. The summed E-state index contributed by atoms with van der Waals surface area (Å²) in [4.78, 5) is 28.4. The highest BCUT2D eigenvalue weighted by Crippen LogP contribution is 2.15. The van der Waals surface area contributed by atoms with Gasteiger partial charge < -0.3 is 18.9 Å². The minimum absolute atomic E-state index is 0.169. The number of rotatable bonds is 24. The number of esters is 2. The topological polar surface area (TPSA) is 83.4 Å². The number of carbonyl (C=O) groups is 2. The fourth-order valence-electron chi connectivity index (χ4n) is 3.22. The van der Waals surface area contributed by atoms with Gasteiger partial charge in [0.1, 0.15) is 19.3 Å². The number of unbranched alkanes of at least 4 members (excludes halogenated alkanes) is 9. The molecule has 0 heterocycles. The molecule has 7 heteroatoms. The summed E-state index contributed by atoms with van der Waals surface area (Å²) in [5, 5.41) is 0. The van der Waals surface area contributed by atoms with Crippen molar-refractivity contribution in [2.24, 2.45) is 10.4 Å². The largest absolute Gasteiger partial charge is 0.465 e. The van der Waals surface area contributed by atoms with Crippen LogP contribution >= 0.6 is 0 Å². The summed E-state index contributed by atoms with van der Waals surface area (Å²) in [5.41, 5.74) is -0.455. The lowest BCUT2D eigenvalue weighted by atomic mass is 9.97. The van der Waals surface area contributed by atoms with E-state index in [0.717, 1.165) is 32.3 Å². The van der Waals surface area contributed by atoms with Crippen molar-refractivity contribution >= 4 is 18.2 Å². The maximum atomic E-state index is 12.1. The first-order chi connectivity index (χ1) is 16.8. The van der Waals surface area contributed by atoms with E-state index in [2.05, 4.69) is 18.8 Å². The van der Waals surface area contributed by atoms with Gasteiger partial charge in [0.2, 0.25) is 0 Å². The molecule has 0 N–H and O–H groups in total. The molecule has 7 nitrogen and oxygen atoms in total. The third kappa shape index (κ3) is 22.7. The molecule has 0 fully saturated rings. The maximum absolute atomic E-state index is 12.1. The Kier molecular flexibility index (Phi) is 22.0. The van der Waals surface area contributed by atoms with Gasteiger partial charge in [0, 0.05) is 24.7 Å². The molecular formula is C28H53NO6. The third-order valence-electron chi connectivity index (χ3n) is 5.56. The van der Waals surface area contributed by atoms with E-state index in [9.17, 15) is 9.59 Å². The fraction of sp³-hybridized carbons (Fsp3) is 0.893. The average molecular weight is 500 g/mol. The summed E-state index contributed by atoms with van der Waals surface area (Å²) in [7, 11) is 0. The molecule has 0 rings (SSSR count). The summed E-state index contributed by atoms with van der Waals surface area (Å²) in [5.74, 6) is -0.570. The molecule has 0 aliphatic rings. The van der Waals surface area contributed by atoms with E-state index in [1.165, 1.54) is 44.9 Å². The molecule has 1 unspecified atom stereocenters. The number of ether oxygens (including phenoxy) is 4. The Labute approximate surface area is 214 Å². The Morgan fingerprint density at radius 2 is 1.29 bits per heavy atom. The molecule has 0 radical (unpaired) electrons. The molecule has 0 amide bonds. The molecule has 35 heavy (non-hydrogen) atoms. The van der Waals surface area contributed by atoms with Gasteiger partial charge in [0.15, 0.2) is 0 Å². The molecule has 0 bridgehead atoms. The molecule has 0 aromatic heterocycles. The highest BCUT2D eigenvalue weighted by atomic mass is 16.6. The van der Waals surface area contributed by atoms with Crippen LogP contribution in [0.1, 0.15) is 112 Å². The highest BCUT2D eigenvalue weighted by molar-refractivity contribution is 5.78. The quantitative estimate of drug-likeness (QED) is 0.0879. The molecule has 0 aliphatic carbocycles. The van der Waals surface area contributed by atoms with Crippen LogP contribution < -0.4 is 0 Å². The third-order valence-corrected chi connectivity index (χ3v) is 5.56. The molecule has 0 aromatic carbocycles. The molecule has 0 spiro atoms. The monoisotopic (exact) mass is 499 g/mol. The Morgan fingerprint density at radius 1 is 0.743 bits per heavy atom. The molecular weight excluding hydrogens is 446 g/mol. The second-order valence-electron chi connectivity index (χ2n) is 9.93. The van der Waals surface area contributed by atoms with Crippen LogP contribution in [0.25, 0.3) is 0 Å². The first-order valence-electron chi connectivity index (χ1n) is 13.8. The second-order valence-corrected chi connectivity index (χ2v) is 9.93. The standard InChI is InChI=1S/C28H53NO6/c1-6-8-10-11-12-13-14-15-16-17-26(30)35-24-28(4,5)23-29-25(3)27(31)34-22-21-33-20-19-32-18-9-7-2/h23,25H,6-22,24H2,1-5H3/b29-23+. The normalized spacial score (nSPS) is 12.7. The number of carbonyl (C=O) groups excluding carboxylic acids is 2. The zero-order valence-electron chi connectivity index (χ0n) is 23.3. The van der Waals surface area contributed by atoms with E-state index in [1.807, 2.05) is 13.8 Å². The van der Waals surface area contributed by atoms with Gasteiger partial charge in [0.25, 0.3) is 0 Å². The van der Waals surface area contributed by atoms with Crippen molar-refractivity contribution in [3.8, 4) is 0 Å². The zero-order chi connectivity index (χ0) is 26.2. The first-order valence-corrected chi connectivity index (χ1v) is 13.8. The van der Waals surface area contributed by atoms with Gasteiger partial charge in [-0.05, 0) is 19.8 Å². The number of aliphatic imine (C=N–C) groups is 1. The van der Waals surface area contributed by atoms with Crippen LogP contribution in [-0.4, -0.2) is 63.8 Å². The Morgan fingerprint density at radius 3 is 1.91 bits per heavy atom. The van der Waals surface area contributed by atoms with Crippen molar-refractivity contribution < 1.29 is 28.5 Å². The molecule has 206 valence electrons. The van der Waals surface area contributed by atoms with Crippen molar-refractivity contribution in [2.45, 2.75) is 118 Å². The predicted molar refractivity (Wildman–Crippen MR) is 142 cm³/mol. The highest BCUT2D eigenvalue weighted by Gasteiger charge is 2.20. The van der Waals surface area contributed by atoms with Gasteiger partial charge in [-0.15, -0.1) is 0 Å². The van der Waals surface area contributed by atoms with Crippen LogP contribution in [0.2, 0.25) is 0 Å². The van der Waals surface area contributed by atoms with Crippen molar-refractivity contribution in [2.75, 3.05) is 39.6 Å². The Hall–Kier alpha value is -1.47. The Bertz CT molecular complexity index is 550. The molecule has 0 aliphatic heterocycles.